The first kappa shape index (κ1) is 26.7. The number of nitrogens with one attached hydrogen (secondary N) is 1. The van der Waals surface area contributed by atoms with Crippen LogP contribution < -0.4 is 10.9 Å². The number of ketones is 1. The molecule has 0 spiro atoms. The van der Waals surface area contributed by atoms with E-state index < -0.39 is 41.4 Å². The number of allylic oxidation sites excluding steroid dienone is 5. The van der Waals surface area contributed by atoms with Gasteiger partial charge in [0.25, 0.3) is 0 Å². The lowest BCUT2D eigenvalue weighted by Gasteiger charge is -2.06. The van der Waals surface area contributed by atoms with Crippen molar-refractivity contribution in [2.24, 2.45) is 0 Å². The van der Waals surface area contributed by atoms with Crippen LogP contribution in [0.25, 0.3) is 0 Å². The number of alkyl halides is 3. The van der Waals surface area contributed by atoms with Crippen molar-refractivity contribution in [1.29, 1.82) is 0 Å². The molecule has 0 aliphatic heterocycles. The highest BCUT2D eigenvalue weighted by Crippen LogP contribution is 2.24. The Hall–Kier alpha value is -3.30. The van der Waals surface area contributed by atoms with Crippen LogP contribution in [0.3, 0.4) is 0 Å². The maximum Gasteiger partial charge on any atom is 0.410 e. The number of aromatic hydroxyl groups is 1. The Bertz CT molecular complexity index is 957. The van der Waals surface area contributed by atoms with Crippen LogP contribution >= 0.6 is 0 Å². The lowest BCUT2D eigenvalue weighted by molar-refractivity contribution is -0.133. The second-order valence-electron chi connectivity index (χ2n) is 7.00. The number of Topliss-reactive ketones (excluding diaryl/α,β-unsaturated/α-hetero) is 1. The van der Waals surface area contributed by atoms with E-state index in [1.807, 2.05) is 0 Å². The molecule has 1 amide bonds. The summed E-state index contributed by atoms with van der Waals surface area (Å²) in [5, 5.41) is 12.5. The van der Waals surface area contributed by atoms with Crippen molar-refractivity contribution in [3.05, 3.63) is 63.4 Å². The summed E-state index contributed by atoms with van der Waals surface area (Å²) in [7, 11) is 1.24. The van der Waals surface area contributed by atoms with Gasteiger partial charge in [-0.05, 0) is 38.7 Å². The number of carbonyl (C=O) groups is 2. The zero-order chi connectivity index (χ0) is 24.3. The average molecular weight is 457 g/mol. The predicted octanol–water partition coefficient (Wildman–Crippen LogP) is 4.96. The van der Waals surface area contributed by atoms with Crippen LogP contribution in [-0.4, -0.2) is 30.3 Å². The predicted molar refractivity (Wildman–Crippen MR) is 111 cm³/mol. The van der Waals surface area contributed by atoms with Gasteiger partial charge in [0, 0.05) is 25.1 Å². The molecule has 0 radical (unpaired) electrons. The van der Waals surface area contributed by atoms with Crippen LogP contribution in [0.2, 0.25) is 0 Å². The third kappa shape index (κ3) is 9.67. The lowest BCUT2D eigenvalue weighted by Crippen LogP contribution is -2.16. The summed E-state index contributed by atoms with van der Waals surface area (Å²) in [5.41, 5.74) is -1.06. The molecule has 0 unspecified atom stereocenters. The molecule has 0 aromatic carbocycles. The van der Waals surface area contributed by atoms with Gasteiger partial charge in [-0.25, -0.2) is 9.59 Å². The first-order valence-electron chi connectivity index (χ1n) is 9.75. The van der Waals surface area contributed by atoms with Crippen molar-refractivity contribution in [3.8, 4) is 5.75 Å². The molecule has 10 heteroatoms. The fourth-order valence-corrected chi connectivity index (χ4v) is 2.49. The molecule has 1 aromatic heterocycles. The van der Waals surface area contributed by atoms with Crippen LogP contribution in [0.15, 0.2) is 50.9 Å². The molecule has 0 saturated carbocycles. The van der Waals surface area contributed by atoms with Crippen LogP contribution in [0.5, 0.6) is 5.75 Å². The Morgan fingerprint density at radius 2 is 1.94 bits per heavy atom. The molecule has 0 aliphatic rings. The molecule has 0 atom stereocenters. The number of hydrogen-bond acceptors (Lipinski definition) is 6. The Labute approximate surface area is 183 Å². The van der Waals surface area contributed by atoms with Gasteiger partial charge in [-0.3, -0.25) is 10.1 Å². The highest BCUT2D eigenvalue weighted by atomic mass is 19.4. The Kier molecular flexibility index (Phi) is 10.5. The van der Waals surface area contributed by atoms with Crippen molar-refractivity contribution in [1.82, 2.24) is 5.32 Å². The van der Waals surface area contributed by atoms with Gasteiger partial charge >= 0.3 is 17.9 Å². The van der Waals surface area contributed by atoms with Crippen molar-refractivity contribution in [2.45, 2.75) is 52.1 Å². The summed E-state index contributed by atoms with van der Waals surface area (Å²) >= 11 is 0. The molecular formula is C22H26F3NO6. The van der Waals surface area contributed by atoms with Crippen LogP contribution in [0, 0.1) is 0 Å². The monoisotopic (exact) mass is 457 g/mol. The Morgan fingerprint density at radius 1 is 1.25 bits per heavy atom. The first-order valence-corrected chi connectivity index (χ1v) is 9.75. The molecule has 32 heavy (non-hydrogen) atoms. The van der Waals surface area contributed by atoms with Crippen molar-refractivity contribution in [2.75, 3.05) is 7.11 Å². The van der Waals surface area contributed by atoms with Crippen molar-refractivity contribution < 1.29 is 37.0 Å². The quantitative estimate of drug-likeness (QED) is 0.223. The maximum atomic E-state index is 12.5. The van der Waals surface area contributed by atoms with Gasteiger partial charge in [0.05, 0.1) is 7.11 Å². The first-order chi connectivity index (χ1) is 14.9. The normalized spacial score (nSPS) is 12.8. The Balaban J connectivity index is 2.78. The summed E-state index contributed by atoms with van der Waals surface area (Å²) in [4.78, 5) is 35.6. The second-order valence-corrected chi connectivity index (χ2v) is 7.00. The van der Waals surface area contributed by atoms with E-state index in [2.05, 4.69) is 10.1 Å². The number of unbranched alkanes of at least 4 members (excludes halogenated alkanes) is 1. The van der Waals surface area contributed by atoms with Crippen molar-refractivity contribution >= 4 is 11.9 Å². The highest BCUT2D eigenvalue weighted by molar-refractivity contribution is 6.09. The van der Waals surface area contributed by atoms with Gasteiger partial charge in [0.1, 0.15) is 17.1 Å². The van der Waals surface area contributed by atoms with Gasteiger partial charge < -0.3 is 14.3 Å². The van der Waals surface area contributed by atoms with Crippen molar-refractivity contribution in [3.63, 3.8) is 0 Å². The van der Waals surface area contributed by atoms with E-state index >= 15 is 0 Å². The summed E-state index contributed by atoms with van der Waals surface area (Å²) in [6, 6.07) is 1.18. The summed E-state index contributed by atoms with van der Waals surface area (Å²) in [6.07, 6.45) is 1.07. The molecule has 0 bridgehead atoms. The molecular weight excluding hydrogens is 431 g/mol. The van der Waals surface area contributed by atoms with Gasteiger partial charge in [-0.15, -0.1) is 0 Å². The molecule has 0 saturated heterocycles. The number of aryl methyl sites for hydroxylation is 1. The minimum absolute atomic E-state index is 0.0648. The molecule has 0 aliphatic carbocycles. The van der Waals surface area contributed by atoms with Crippen LogP contribution in [0.1, 0.15) is 55.6 Å². The third-order valence-corrected chi connectivity index (χ3v) is 4.29. The smallest absolute Gasteiger partial charge is 0.410 e. The molecule has 1 rings (SSSR count). The number of carbonyl (C=O) groups excluding carboxylic acids is 2. The highest BCUT2D eigenvalue weighted by Gasteiger charge is 2.26. The Morgan fingerprint density at radius 3 is 2.53 bits per heavy atom. The number of halogens is 3. The number of alkyl carbamates (subject to hydrolysis) is 1. The lowest BCUT2D eigenvalue weighted by atomic mass is 10.0. The van der Waals surface area contributed by atoms with E-state index in [1.54, 1.807) is 6.08 Å². The van der Waals surface area contributed by atoms with Gasteiger partial charge in [-0.1, -0.05) is 23.8 Å². The zero-order valence-electron chi connectivity index (χ0n) is 18.0. The second kappa shape index (κ2) is 12.5. The van der Waals surface area contributed by atoms with E-state index in [0.717, 1.165) is 0 Å². The van der Waals surface area contributed by atoms with Gasteiger partial charge in [-0.2, -0.15) is 13.2 Å². The van der Waals surface area contributed by atoms with E-state index in [9.17, 15) is 32.7 Å². The minimum Gasteiger partial charge on any atom is -0.507 e. The summed E-state index contributed by atoms with van der Waals surface area (Å²) in [5.74, 6) is -1.13. The number of ether oxygens (including phenoxy) is 1. The number of methoxy groups -OCH3 is 1. The molecule has 176 valence electrons. The number of hydrogen-bond donors (Lipinski definition) is 2. The van der Waals surface area contributed by atoms with E-state index in [-0.39, 0.29) is 17.8 Å². The molecule has 7 nitrogen and oxygen atoms in total. The van der Waals surface area contributed by atoms with E-state index in [0.29, 0.717) is 24.8 Å². The standard InChI is InChI=1S/C22H26F3NO6/c1-14(10-11-22(23,24)25)8-9-15(2)19(28)18-17(27)13-16(32-20(18)29)7-5-4-6-12-26-21(30)31-3/h6,8-9,12-13,27H,4-5,7,10-11H2,1-3H3,(H,26,30)/b12-6+,14-8-,15-9+. The van der Waals surface area contributed by atoms with Gasteiger partial charge in [0.2, 0.25) is 0 Å². The average Bonchev–Trinajstić information content (AvgIpc) is 2.71. The molecule has 1 heterocycles. The fourth-order valence-electron chi connectivity index (χ4n) is 2.49. The minimum atomic E-state index is -4.27. The molecule has 2 N–H and O–H groups in total. The largest absolute Gasteiger partial charge is 0.507 e. The van der Waals surface area contributed by atoms with Gasteiger partial charge in [0.15, 0.2) is 5.78 Å². The maximum absolute atomic E-state index is 12.5. The SMILES string of the molecule is COC(=O)N/C=C/CCCc1cc(O)c(C(=O)/C(C)=C/C=C(/C)CCC(F)(F)F)c(=O)o1. The van der Waals surface area contributed by atoms with Crippen LogP contribution in [-0.2, 0) is 11.2 Å². The summed E-state index contributed by atoms with van der Waals surface area (Å²) in [6.45, 7) is 2.89. The summed E-state index contributed by atoms with van der Waals surface area (Å²) < 4.78 is 46.3. The number of amides is 1. The van der Waals surface area contributed by atoms with E-state index in [1.165, 1.54) is 45.4 Å². The number of rotatable bonds is 10. The molecule has 0 fully saturated rings. The zero-order valence-corrected chi connectivity index (χ0v) is 18.0. The fraction of sp³-hybridized carbons (Fsp3) is 0.409. The molecule has 1 aromatic rings. The van der Waals surface area contributed by atoms with E-state index in [4.69, 9.17) is 4.42 Å². The van der Waals surface area contributed by atoms with Crippen LogP contribution in [0.4, 0.5) is 18.0 Å². The topological polar surface area (TPSA) is 106 Å². The third-order valence-electron chi connectivity index (χ3n) is 4.29.